The fourth-order valence-corrected chi connectivity index (χ4v) is 3.99. The average Bonchev–Trinajstić information content (AvgIpc) is 3.24. The van der Waals surface area contributed by atoms with Crippen LogP contribution in [0, 0.1) is 0 Å². The predicted molar refractivity (Wildman–Crippen MR) is 117 cm³/mol. The summed E-state index contributed by atoms with van der Waals surface area (Å²) in [5, 5.41) is 10.8. The summed E-state index contributed by atoms with van der Waals surface area (Å²) in [4.78, 5) is 14.8. The Hall–Kier alpha value is -2.80. The molecule has 1 aliphatic heterocycles. The number of nitrogens with zero attached hydrogens (tertiary/aromatic N) is 2. The Morgan fingerprint density at radius 1 is 1.24 bits per heavy atom. The lowest BCUT2D eigenvalue weighted by atomic mass is 10.0. The van der Waals surface area contributed by atoms with Crippen molar-refractivity contribution in [3.05, 3.63) is 64.6 Å². The molecule has 2 heterocycles. The fraction of sp³-hybridized carbons (Fsp3) is 0.273. The summed E-state index contributed by atoms with van der Waals surface area (Å²) in [6, 6.07) is 17.5. The summed E-state index contributed by atoms with van der Waals surface area (Å²) in [7, 11) is 1.66. The number of anilines is 1. The summed E-state index contributed by atoms with van der Waals surface area (Å²) in [6.07, 6.45) is 1.97. The zero-order valence-corrected chi connectivity index (χ0v) is 17.8. The van der Waals surface area contributed by atoms with E-state index in [1.165, 1.54) is 0 Å². The number of nitrogens with one attached hydrogen (secondary N) is 2. The highest BCUT2D eigenvalue weighted by Gasteiger charge is 2.23. The van der Waals surface area contributed by atoms with Crippen LogP contribution >= 0.6 is 15.9 Å². The first-order chi connectivity index (χ1) is 14.1. The van der Waals surface area contributed by atoms with Crippen LogP contribution in [-0.4, -0.2) is 42.3 Å². The lowest BCUT2D eigenvalue weighted by molar-refractivity contribution is 0.0933. The van der Waals surface area contributed by atoms with E-state index in [1.807, 2.05) is 48.5 Å². The second-order valence-corrected chi connectivity index (χ2v) is 8.05. The zero-order chi connectivity index (χ0) is 20.2. The molecular formula is C22H23BrN4O2. The van der Waals surface area contributed by atoms with Crippen molar-refractivity contribution in [2.24, 2.45) is 0 Å². The van der Waals surface area contributed by atoms with E-state index in [4.69, 9.17) is 4.74 Å². The van der Waals surface area contributed by atoms with E-state index in [0.717, 1.165) is 53.2 Å². The molecule has 1 unspecified atom stereocenters. The maximum atomic E-state index is 12.6. The number of piperidine rings is 1. The minimum Gasteiger partial charge on any atom is -0.497 e. The molecule has 6 nitrogen and oxygen atoms in total. The van der Waals surface area contributed by atoms with Crippen LogP contribution in [0.2, 0.25) is 0 Å². The van der Waals surface area contributed by atoms with E-state index in [1.54, 1.807) is 7.11 Å². The Labute approximate surface area is 178 Å². The van der Waals surface area contributed by atoms with Crippen molar-refractivity contribution in [2.45, 2.75) is 18.9 Å². The lowest BCUT2D eigenvalue weighted by Gasteiger charge is -2.33. The number of ether oxygens (including phenoxy) is 1. The minimum atomic E-state index is -0.0425. The van der Waals surface area contributed by atoms with Gasteiger partial charge in [-0.3, -0.25) is 9.89 Å². The first-order valence-electron chi connectivity index (χ1n) is 9.63. The van der Waals surface area contributed by atoms with Gasteiger partial charge >= 0.3 is 0 Å². The molecule has 0 spiro atoms. The van der Waals surface area contributed by atoms with Crippen LogP contribution in [-0.2, 0) is 0 Å². The predicted octanol–water partition coefficient (Wildman–Crippen LogP) is 4.25. The average molecular weight is 455 g/mol. The maximum absolute atomic E-state index is 12.6. The summed E-state index contributed by atoms with van der Waals surface area (Å²) < 4.78 is 6.12. The highest BCUT2D eigenvalue weighted by atomic mass is 79.9. The minimum absolute atomic E-state index is 0.0425. The highest BCUT2D eigenvalue weighted by molar-refractivity contribution is 9.10. The number of H-pyrrole nitrogens is 1. The van der Waals surface area contributed by atoms with Gasteiger partial charge in [-0.05, 0) is 60.9 Å². The van der Waals surface area contributed by atoms with E-state index in [9.17, 15) is 4.79 Å². The van der Waals surface area contributed by atoms with Crippen LogP contribution in [0.15, 0.2) is 59.1 Å². The molecule has 1 saturated heterocycles. The number of aromatic amines is 1. The van der Waals surface area contributed by atoms with Crippen molar-refractivity contribution in [1.29, 1.82) is 0 Å². The van der Waals surface area contributed by atoms with Gasteiger partial charge in [-0.15, -0.1) is 0 Å². The number of aromatic nitrogens is 2. The van der Waals surface area contributed by atoms with Gasteiger partial charge < -0.3 is 15.0 Å². The van der Waals surface area contributed by atoms with Crippen LogP contribution in [0.3, 0.4) is 0 Å². The smallest absolute Gasteiger partial charge is 0.251 e. The van der Waals surface area contributed by atoms with Crippen LogP contribution in [0.25, 0.3) is 11.3 Å². The van der Waals surface area contributed by atoms with Crippen molar-refractivity contribution < 1.29 is 9.53 Å². The van der Waals surface area contributed by atoms with Crippen LogP contribution in [0.4, 0.5) is 5.82 Å². The normalized spacial score (nSPS) is 16.5. The molecule has 29 heavy (non-hydrogen) atoms. The van der Waals surface area contributed by atoms with Crippen molar-refractivity contribution in [3.8, 4) is 17.0 Å². The van der Waals surface area contributed by atoms with Gasteiger partial charge in [0, 0.05) is 35.2 Å². The van der Waals surface area contributed by atoms with Gasteiger partial charge in [0.2, 0.25) is 0 Å². The maximum Gasteiger partial charge on any atom is 0.251 e. The van der Waals surface area contributed by atoms with Crippen LogP contribution < -0.4 is 15.0 Å². The number of halogens is 1. The SMILES string of the molecule is COc1ccc(-c2cc(N3CCCC(NC(=O)c4cccc(Br)c4)C3)n[nH]2)cc1. The topological polar surface area (TPSA) is 70.2 Å². The zero-order valence-electron chi connectivity index (χ0n) is 16.2. The Balaban J connectivity index is 1.42. The molecular weight excluding hydrogens is 432 g/mol. The van der Waals surface area contributed by atoms with E-state index in [0.29, 0.717) is 5.56 Å². The van der Waals surface area contributed by atoms with Gasteiger partial charge in [-0.1, -0.05) is 22.0 Å². The molecule has 1 atom stereocenters. The second-order valence-electron chi connectivity index (χ2n) is 7.14. The van der Waals surface area contributed by atoms with Gasteiger partial charge in [0.15, 0.2) is 5.82 Å². The molecule has 0 bridgehead atoms. The summed E-state index contributed by atoms with van der Waals surface area (Å²) in [5.74, 6) is 1.69. The Morgan fingerprint density at radius 2 is 2.07 bits per heavy atom. The standard InChI is InChI=1S/C22H23BrN4O2/c1-29-19-9-7-15(8-10-19)20-13-21(26-25-20)27-11-3-6-18(14-27)24-22(28)16-4-2-5-17(23)12-16/h2,4-5,7-10,12-13,18H,3,6,11,14H2,1H3,(H,24,28)(H,25,26). The van der Waals surface area contributed by atoms with Crippen LogP contribution in [0.5, 0.6) is 5.75 Å². The number of methoxy groups -OCH3 is 1. The monoisotopic (exact) mass is 454 g/mol. The molecule has 1 aromatic heterocycles. The van der Waals surface area contributed by atoms with Gasteiger partial charge in [0.25, 0.3) is 5.91 Å². The number of benzene rings is 2. The Kier molecular flexibility index (Phi) is 5.85. The Morgan fingerprint density at radius 3 is 2.83 bits per heavy atom. The molecule has 1 fully saturated rings. The third-order valence-electron chi connectivity index (χ3n) is 5.13. The third kappa shape index (κ3) is 4.62. The fourth-order valence-electron chi connectivity index (χ4n) is 3.59. The molecule has 2 N–H and O–H groups in total. The molecule has 1 amide bonds. The van der Waals surface area contributed by atoms with Crippen molar-refractivity contribution >= 4 is 27.7 Å². The molecule has 0 radical (unpaired) electrons. The first kappa shape index (κ1) is 19.5. The van der Waals surface area contributed by atoms with Gasteiger partial charge in [0.05, 0.1) is 12.8 Å². The molecule has 1 aliphatic rings. The molecule has 4 rings (SSSR count). The third-order valence-corrected chi connectivity index (χ3v) is 5.63. The van der Waals surface area contributed by atoms with Gasteiger partial charge in [-0.25, -0.2) is 0 Å². The van der Waals surface area contributed by atoms with Gasteiger partial charge in [0.1, 0.15) is 5.75 Å². The van der Waals surface area contributed by atoms with Gasteiger partial charge in [-0.2, -0.15) is 5.10 Å². The molecule has 7 heteroatoms. The van der Waals surface area contributed by atoms with Crippen molar-refractivity contribution in [3.63, 3.8) is 0 Å². The quantitative estimate of drug-likeness (QED) is 0.604. The number of hydrogen-bond acceptors (Lipinski definition) is 4. The molecule has 0 saturated carbocycles. The highest BCUT2D eigenvalue weighted by Crippen LogP contribution is 2.26. The first-order valence-corrected chi connectivity index (χ1v) is 10.4. The van der Waals surface area contributed by atoms with E-state index >= 15 is 0 Å². The van der Waals surface area contributed by atoms with E-state index in [-0.39, 0.29) is 11.9 Å². The van der Waals surface area contributed by atoms with Crippen LogP contribution in [0.1, 0.15) is 23.2 Å². The van der Waals surface area contributed by atoms with Crippen molar-refractivity contribution in [2.75, 3.05) is 25.1 Å². The number of carbonyl (C=O) groups is 1. The summed E-state index contributed by atoms with van der Waals surface area (Å²) >= 11 is 3.42. The lowest BCUT2D eigenvalue weighted by Crippen LogP contribution is -2.48. The second kappa shape index (κ2) is 8.69. The van der Waals surface area contributed by atoms with E-state index in [2.05, 4.69) is 42.4 Å². The van der Waals surface area contributed by atoms with E-state index < -0.39 is 0 Å². The molecule has 150 valence electrons. The molecule has 0 aliphatic carbocycles. The Bertz CT molecular complexity index is 986. The van der Waals surface area contributed by atoms with Crippen molar-refractivity contribution in [1.82, 2.24) is 15.5 Å². The largest absolute Gasteiger partial charge is 0.497 e. The number of rotatable bonds is 5. The number of carbonyl (C=O) groups excluding carboxylic acids is 1. The number of hydrogen-bond donors (Lipinski definition) is 2. The summed E-state index contributed by atoms with van der Waals surface area (Å²) in [5.41, 5.74) is 2.68. The molecule has 3 aromatic rings. The molecule has 2 aromatic carbocycles. The summed E-state index contributed by atoms with van der Waals surface area (Å²) in [6.45, 7) is 1.67. The number of amides is 1.